The lowest BCUT2D eigenvalue weighted by Crippen LogP contribution is -2.20. The van der Waals surface area contributed by atoms with E-state index in [9.17, 15) is 0 Å². The highest BCUT2D eigenvalue weighted by molar-refractivity contribution is 5.65. The summed E-state index contributed by atoms with van der Waals surface area (Å²) < 4.78 is 0. The predicted molar refractivity (Wildman–Crippen MR) is 97.4 cm³/mol. The van der Waals surface area contributed by atoms with E-state index < -0.39 is 0 Å². The van der Waals surface area contributed by atoms with Gasteiger partial charge in [0.05, 0.1) is 5.69 Å². The Kier molecular flexibility index (Phi) is 4.29. The normalized spacial score (nSPS) is 12.8. The quantitative estimate of drug-likeness (QED) is 0.584. The Labute approximate surface area is 139 Å². The number of pyridine rings is 1. The fourth-order valence-electron chi connectivity index (χ4n) is 3.30. The van der Waals surface area contributed by atoms with Gasteiger partial charge in [0.2, 0.25) is 0 Å². The Morgan fingerprint density at radius 1 is 0.739 bits per heavy atom. The second kappa shape index (κ2) is 6.37. The monoisotopic (exact) mass is 301 g/mol. The summed E-state index contributed by atoms with van der Waals surface area (Å²) in [6.45, 7) is 6.92. The van der Waals surface area contributed by atoms with Crippen LogP contribution in [0.1, 0.15) is 37.8 Å². The Morgan fingerprint density at radius 2 is 1.39 bits per heavy atom. The first-order valence-electron chi connectivity index (χ1n) is 8.12. The molecule has 0 saturated carbocycles. The van der Waals surface area contributed by atoms with Crippen LogP contribution in [0.3, 0.4) is 0 Å². The second-order valence-corrected chi connectivity index (χ2v) is 7.01. The number of rotatable bonds is 3. The SMILES string of the molecule is CC(C)(C)[C@@H](c1ccccc1)c1ccccc1-c1ccccn1. The standard InChI is InChI=1S/C22H23N/c1-22(2,3)21(17-11-5-4-6-12-17)19-14-8-7-13-18(19)20-15-9-10-16-23-20/h4-16,21H,1-3H3/t21-/m0/s1. The lowest BCUT2D eigenvalue weighted by atomic mass is 9.71. The minimum atomic E-state index is 0.117. The van der Waals surface area contributed by atoms with Crippen molar-refractivity contribution in [1.82, 2.24) is 4.98 Å². The van der Waals surface area contributed by atoms with Crippen LogP contribution in [0, 0.1) is 5.41 Å². The van der Waals surface area contributed by atoms with Crippen LogP contribution in [-0.4, -0.2) is 4.98 Å². The third kappa shape index (κ3) is 3.34. The third-order valence-corrected chi connectivity index (χ3v) is 4.21. The minimum absolute atomic E-state index is 0.117. The van der Waals surface area contributed by atoms with Crippen LogP contribution >= 0.6 is 0 Å². The zero-order valence-electron chi connectivity index (χ0n) is 14.0. The highest BCUT2D eigenvalue weighted by Gasteiger charge is 2.29. The van der Waals surface area contributed by atoms with Crippen molar-refractivity contribution >= 4 is 0 Å². The van der Waals surface area contributed by atoms with Gasteiger partial charge in [0, 0.05) is 17.7 Å². The van der Waals surface area contributed by atoms with Gasteiger partial charge in [-0.2, -0.15) is 0 Å². The maximum absolute atomic E-state index is 4.57. The molecule has 0 bridgehead atoms. The van der Waals surface area contributed by atoms with Gasteiger partial charge in [0.1, 0.15) is 0 Å². The lowest BCUT2D eigenvalue weighted by Gasteiger charge is -2.33. The van der Waals surface area contributed by atoms with Crippen molar-refractivity contribution < 1.29 is 0 Å². The first-order valence-corrected chi connectivity index (χ1v) is 8.12. The molecule has 0 radical (unpaired) electrons. The number of hydrogen-bond acceptors (Lipinski definition) is 1. The number of hydrogen-bond donors (Lipinski definition) is 0. The molecule has 0 fully saturated rings. The van der Waals surface area contributed by atoms with Crippen LogP contribution in [0.5, 0.6) is 0 Å². The van der Waals surface area contributed by atoms with Crippen LogP contribution in [0.25, 0.3) is 11.3 Å². The van der Waals surface area contributed by atoms with Crippen LogP contribution in [0.15, 0.2) is 79.0 Å². The molecule has 23 heavy (non-hydrogen) atoms. The topological polar surface area (TPSA) is 12.9 Å². The molecule has 0 unspecified atom stereocenters. The fourth-order valence-corrected chi connectivity index (χ4v) is 3.30. The fraction of sp³-hybridized carbons (Fsp3) is 0.227. The van der Waals surface area contributed by atoms with Gasteiger partial charge in [0.15, 0.2) is 0 Å². The summed E-state index contributed by atoms with van der Waals surface area (Å²) in [6.07, 6.45) is 1.86. The van der Waals surface area contributed by atoms with E-state index in [1.54, 1.807) is 0 Å². The van der Waals surface area contributed by atoms with Crippen LogP contribution < -0.4 is 0 Å². The molecule has 0 aliphatic rings. The van der Waals surface area contributed by atoms with Gasteiger partial charge in [-0.05, 0) is 28.7 Å². The van der Waals surface area contributed by atoms with Crippen molar-refractivity contribution in [2.24, 2.45) is 5.41 Å². The molecule has 1 aromatic heterocycles. The van der Waals surface area contributed by atoms with E-state index in [0.29, 0.717) is 5.92 Å². The van der Waals surface area contributed by atoms with Crippen LogP contribution in [0.2, 0.25) is 0 Å². The van der Waals surface area contributed by atoms with E-state index in [1.807, 2.05) is 18.3 Å². The third-order valence-electron chi connectivity index (χ3n) is 4.21. The summed E-state index contributed by atoms with van der Waals surface area (Å²) in [5.74, 6) is 0.321. The molecule has 0 spiro atoms. The number of nitrogens with zero attached hydrogens (tertiary/aromatic N) is 1. The molecule has 0 saturated heterocycles. The molecule has 2 aromatic carbocycles. The summed E-state index contributed by atoms with van der Waals surface area (Å²) in [6, 6.07) is 25.5. The largest absolute Gasteiger partial charge is 0.256 e. The van der Waals surface area contributed by atoms with Gasteiger partial charge in [-0.15, -0.1) is 0 Å². The molecule has 1 atom stereocenters. The first kappa shape index (κ1) is 15.5. The van der Waals surface area contributed by atoms with Crippen molar-refractivity contribution in [2.45, 2.75) is 26.7 Å². The molecule has 3 rings (SSSR count). The van der Waals surface area contributed by atoms with Gasteiger partial charge >= 0.3 is 0 Å². The van der Waals surface area contributed by atoms with Gasteiger partial charge < -0.3 is 0 Å². The summed E-state index contributed by atoms with van der Waals surface area (Å²) >= 11 is 0. The van der Waals surface area contributed by atoms with E-state index in [4.69, 9.17) is 0 Å². The zero-order valence-corrected chi connectivity index (χ0v) is 14.0. The van der Waals surface area contributed by atoms with Crippen molar-refractivity contribution in [3.05, 3.63) is 90.1 Å². The Balaban J connectivity index is 2.19. The average Bonchev–Trinajstić information content (AvgIpc) is 2.56. The van der Waals surface area contributed by atoms with Crippen molar-refractivity contribution in [1.29, 1.82) is 0 Å². The summed E-state index contributed by atoms with van der Waals surface area (Å²) in [7, 11) is 0. The predicted octanol–water partition coefficient (Wildman–Crippen LogP) is 5.93. The lowest BCUT2D eigenvalue weighted by molar-refractivity contribution is 0.359. The molecular weight excluding hydrogens is 278 g/mol. The van der Waals surface area contributed by atoms with E-state index in [-0.39, 0.29) is 5.41 Å². The molecule has 0 N–H and O–H groups in total. The van der Waals surface area contributed by atoms with Gasteiger partial charge in [-0.3, -0.25) is 4.98 Å². The summed E-state index contributed by atoms with van der Waals surface area (Å²) in [4.78, 5) is 4.57. The van der Waals surface area contributed by atoms with E-state index in [2.05, 4.69) is 86.4 Å². The van der Waals surface area contributed by atoms with E-state index >= 15 is 0 Å². The van der Waals surface area contributed by atoms with Crippen LogP contribution in [-0.2, 0) is 0 Å². The molecule has 3 aromatic rings. The molecule has 1 nitrogen and oxygen atoms in total. The number of benzene rings is 2. The molecule has 116 valence electrons. The molecule has 1 heteroatoms. The average molecular weight is 301 g/mol. The van der Waals surface area contributed by atoms with Crippen LogP contribution in [0.4, 0.5) is 0 Å². The van der Waals surface area contributed by atoms with Gasteiger partial charge in [-0.25, -0.2) is 0 Å². The maximum Gasteiger partial charge on any atom is 0.0704 e. The first-order chi connectivity index (χ1) is 11.1. The smallest absolute Gasteiger partial charge is 0.0704 e. The molecule has 0 aliphatic carbocycles. The maximum atomic E-state index is 4.57. The Morgan fingerprint density at radius 3 is 2.04 bits per heavy atom. The Bertz CT molecular complexity index is 755. The molecule has 0 aliphatic heterocycles. The summed E-state index contributed by atoms with van der Waals surface area (Å²) in [5.41, 5.74) is 5.06. The minimum Gasteiger partial charge on any atom is -0.256 e. The van der Waals surface area contributed by atoms with E-state index in [1.165, 1.54) is 16.7 Å². The molecular formula is C22H23N. The van der Waals surface area contributed by atoms with E-state index in [0.717, 1.165) is 5.69 Å². The summed E-state index contributed by atoms with van der Waals surface area (Å²) in [5, 5.41) is 0. The van der Waals surface area contributed by atoms with Crippen molar-refractivity contribution in [2.75, 3.05) is 0 Å². The molecule has 1 heterocycles. The van der Waals surface area contributed by atoms with Crippen molar-refractivity contribution in [3.63, 3.8) is 0 Å². The highest BCUT2D eigenvalue weighted by atomic mass is 14.7. The zero-order chi connectivity index (χ0) is 16.3. The second-order valence-electron chi connectivity index (χ2n) is 7.01. The van der Waals surface area contributed by atoms with Gasteiger partial charge in [-0.1, -0.05) is 81.4 Å². The highest BCUT2D eigenvalue weighted by Crippen LogP contribution is 2.43. The van der Waals surface area contributed by atoms with Crippen molar-refractivity contribution in [3.8, 4) is 11.3 Å². The Hall–Kier alpha value is -2.41. The molecule has 0 amide bonds. The van der Waals surface area contributed by atoms with Gasteiger partial charge in [0.25, 0.3) is 0 Å². The number of aromatic nitrogens is 1.